The van der Waals surface area contributed by atoms with Gasteiger partial charge < -0.3 is 20.8 Å². The average Bonchev–Trinajstić information content (AvgIpc) is 3.32. The van der Waals surface area contributed by atoms with Crippen molar-refractivity contribution in [1.82, 2.24) is 9.88 Å². The molecule has 2 heterocycles. The molecule has 2 aromatic rings. The van der Waals surface area contributed by atoms with Crippen molar-refractivity contribution in [2.75, 3.05) is 44.2 Å². The summed E-state index contributed by atoms with van der Waals surface area (Å²) in [6.45, 7) is 14.2. The van der Waals surface area contributed by atoms with E-state index in [9.17, 15) is 5.11 Å². The molecule has 4 rings (SSSR count). The molecular weight excluding hydrogens is 444 g/mol. The van der Waals surface area contributed by atoms with Crippen molar-refractivity contribution in [3.63, 3.8) is 0 Å². The molecule has 0 spiro atoms. The number of aromatic nitrogens is 1. The van der Waals surface area contributed by atoms with E-state index < -0.39 is 12.1 Å². The van der Waals surface area contributed by atoms with Gasteiger partial charge in [0.25, 0.3) is 0 Å². The average molecular weight is 487 g/mol. The Morgan fingerprint density at radius 1 is 1.06 bits per heavy atom. The highest BCUT2D eigenvalue weighted by Crippen LogP contribution is 2.46. The number of anilines is 1. The van der Waals surface area contributed by atoms with Gasteiger partial charge in [-0.1, -0.05) is 39.8 Å². The standard InChI is InChI=1S/C27H42N4O2S/c1-26(2)9-10-27(3,4)21-16-19(7-8-20(21)26)23-18-34-25(29-23)31-14-12-30(13-15-31)11-5-6-24(33)22(28)17-32/h7-8,16,18,22,24,32-33H,5-6,9-15,17,28H2,1-4H3/t22-,24-/m1/s1. The van der Waals surface area contributed by atoms with Gasteiger partial charge in [-0.3, -0.25) is 4.90 Å². The predicted molar refractivity (Wildman–Crippen MR) is 142 cm³/mol. The second-order valence-corrected chi connectivity index (χ2v) is 12.3. The number of hydrogen-bond acceptors (Lipinski definition) is 7. The third kappa shape index (κ3) is 5.49. The third-order valence-electron chi connectivity index (χ3n) is 7.96. The fourth-order valence-corrected chi connectivity index (χ4v) is 6.20. The number of nitrogens with two attached hydrogens (primary N) is 1. The molecule has 2 aliphatic rings. The maximum atomic E-state index is 9.94. The molecule has 0 unspecified atom stereocenters. The van der Waals surface area contributed by atoms with Crippen LogP contribution in [0.25, 0.3) is 11.3 Å². The summed E-state index contributed by atoms with van der Waals surface area (Å²) < 4.78 is 0. The maximum absolute atomic E-state index is 9.94. The van der Waals surface area contributed by atoms with E-state index in [1.165, 1.54) is 29.5 Å². The number of piperazine rings is 1. The number of fused-ring (bicyclic) bond motifs is 1. The Hall–Kier alpha value is -1.51. The van der Waals surface area contributed by atoms with E-state index in [1.54, 1.807) is 11.3 Å². The van der Waals surface area contributed by atoms with Crippen molar-refractivity contribution < 1.29 is 10.2 Å². The lowest BCUT2D eigenvalue weighted by molar-refractivity contribution is 0.0956. The number of nitrogens with zero attached hydrogens (tertiary/aromatic N) is 3. The normalized spacial score (nSPS) is 21.8. The Morgan fingerprint density at radius 3 is 2.41 bits per heavy atom. The van der Waals surface area contributed by atoms with E-state index in [2.05, 4.69) is 61.1 Å². The molecule has 188 valence electrons. The molecule has 1 saturated heterocycles. The molecule has 4 N–H and O–H groups in total. The zero-order valence-electron chi connectivity index (χ0n) is 21.3. The van der Waals surface area contributed by atoms with E-state index in [1.807, 2.05) is 0 Å². The quantitative estimate of drug-likeness (QED) is 0.527. The van der Waals surface area contributed by atoms with E-state index in [0.29, 0.717) is 6.42 Å². The van der Waals surface area contributed by atoms with E-state index in [0.717, 1.165) is 50.0 Å². The monoisotopic (exact) mass is 486 g/mol. The van der Waals surface area contributed by atoms with Crippen molar-refractivity contribution in [1.29, 1.82) is 0 Å². The molecule has 0 bridgehead atoms. The third-order valence-corrected chi connectivity index (χ3v) is 8.86. The molecule has 0 amide bonds. The fraction of sp³-hybridized carbons (Fsp3) is 0.667. The first-order chi connectivity index (χ1) is 16.1. The predicted octanol–water partition coefficient (Wildman–Crippen LogP) is 3.74. The molecule has 1 fully saturated rings. The number of hydrogen-bond donors (Lipinski definition) is 3. The van der Waals surface area contributed by atoms with Crippen LogP contribution in [0.4, 0.5) is 5.13 Å². The summed E-state index contributed by atoms with van der Waals surface area (Å²) in [6.07, 6.45) is 3.35. The number of thiazole rings is 1. The van der Waals surface area contributed by atoms with Crippen LogP contribution >= 0.6 is 11.3 Å². The van der Waals surface area contributed by atoms with Crippen LogP contribution < -0.4 is 10.6 Å². The molecule has 6 nitrogen and oxygen atoms in total. The summed E-state index contributed by atoms with van der Waals surface area (Å²) >= 11 is 1.74. The van der Waals surface area contributed by atoms with Gasteiger partial charge in [0, 0.05) is 37.1 Å². The molecule has 2 atom stereocenters. The molecule has 34 heavy (non-hydrogen) atoms. The number of benzene rings is 1. The van der Waals surface area contributed by atoms with Gasteiger partial charge in [0.2, 0.25) is 0 Å². The lowest BCUT2D eigenvalue weighted by Crippen LogP contribution is -2.47. The Bertz CT molecular complexity index is 965. The zero-order valence-corrected chi connectivity index (χ0v) is 22.1. The Kier molecular flexibility index (Phi) is 7.70. The number of aliphatic hydroxyl groups is 2. The summed E-state index contributed by atoms with van der Waals surface area (Å²) in [5, 5.41) is 22.3. The van der Waals surface area contributed by atoms with Crippen molar-refractivity contribution >= 4 is 16.5 Å². The summed E-state index contributed by atoms with van der Waals surface area (Å²) in [5.41, 5.74) is 11.4. The molecule has 1 aliphatic carbocycles. The minimum absolute atomic E-state index is 0.170. The van der Waals surface area contributed by atoms with Crippen LogP contribution in [0.3, 0.4) is 0 Å². The Labute approximate surface area is 208 Å². The van der Waals surface area contributed by atoms with Crippen LogP contribution in [0.5, 0.6) is 0 Å². The molecule has 7 heteroatoms. The lowest BCUT2D eigenvalue weighted by atomic mass is 9.63. The van der Waals surface area contributed by atoms with Gasteiger partial charge in [0.1, 0.15) is 0 Å². The first-order valence-corrected chi connectivity index (χ1v) is 13.6. The maximum Gasteiger partial charge on any atom is 0.185 e. The van der Waals surface area contributed by atoms with Crippen LogP contribution in [-0.4, -0.2) is 71.6 Å². The van der Waals surface area contributed by atoms with Crippen molar-refractivity contribution in [3.05, 3.63) is 34.7 Å². The highest BCUT2D eigenvalue weighted by molar-refractivity contribution is 7.14. The molecule has 1 aliphatic heterocycles. The van der Waals surface area contributed by atoms with Crippen LogP contribution in [-0.2, 0) is 10.8 Å². The van der Waals surface area contributed by atoms with E-state index in [4.69, 9.17) is 15.8 Å². The number of rotatable bonds is 8. The van der Waals surface area contributed by atoms with Crippen molar-refractivity contribution in [2.24, 2.45) is 5.73 Å². The minimum Gasteiger partial charge on any atom is -0.395 e. The Morgan fingerprint density at radius 2 is 1.74 bits per heavy atom. The highest BCUT2D eigenvalue weighted by atomic mass is 32.1. The lowest BCUT2D eigenvalue weighted by Gasteiger charge is -2.42. The fourth-order valence-electron chi connectivity index (χ4n) is 5.31. The summed E-state index contributed by atoms with van der Waals surface area (Å²) in [7, 11) is 0. The van der Waals surface area contributed by atoms with Gasteiger partial charge in [0.05, 0.1) is 24.4 Å². The second-order valence-electron chi connectivity index (χ2n) is 11.4. The molecular formula is C27H42N4O2S. The smallest absolute Gasteiger partial charge is 0.185 e. The van der Waals surface area contributed by atoms with E-state index >= 15 is 0 Å². The van der Waals surface area contributed by atoms with E-state index in [-0.39, 0.29) is 17.4 Å². The molecule has 1 aromatic carbocycles. The van der Waals surface area contributed by atoms with Crippen LogP contribution in [0, 0.1) is 0 Å². The van der Waals surface area contributed by atoms with Gasteiger partial charge in [-0.15, -0.1) is 11.3 Å². The van der Waals surface area contributed by atoms with Crippen LogP contribution in [0.15, 0.2) is 23.6 Å². The molecule has 0 saturated carbocycles. The van der Waals surface area contributed by atoms with Crippen LogP contribution in [0.1, 0.15) is 64.5 Å². The topological polar surface area (TPSA) is 85.9 Å². The Balaban J connectivity index is 1.36. The second kappa shape index (κ2) is 10.2. The first-order valence-electron chi connectivity index (χ1n) is 12.7. The largest absolute Gasteiger partial charge is 0.395 e. The summed E-state index contributed by atoms with van der Waals surface area (Å²) in [6, 6.07) is 6.46. The molecule has 1 aromatic heterocycles. The summed E-state index contributed by atoms with van der Waals surface area (Å²) in [5.74, 6) is 0. The summed E-state index contributed by atoms with van der Waals surface area (Å²) in [4.78, 5) is 9.87. The van der Waals surface area contributed by atoms with Gasteiger partial charge in [-0.05, 0) is 60.3 Å². The van der Waals surface area contributed by atoms with Crippen molar-refractivity contribution in [2.45, 2.75) is 76.4 Å². The van der Waals surface area contributed by atoms with Gasteiger partial charge in [-0.2, -0.15) is 0 Å². The van der Waals surface area contributed by atoms with Crippen molar-refractivity contribution in [3.8, 4) is 11.3 Å². The molecule has 0 radical (unpaired) electrons. The van der Waals surface area contributed by atoms with Gasteiger partial charge in [0.15, 0.2) is 5.13 Å². The zero-order chi connectivity index (χ0) is 24.5. The van der Waals surface area contributed by atoms with Gasteiger partial charge >= 0.3 is 0 Å². The SMILES string of the molecule is CC1(C)CCC(C)(C)c2cc(-c3csc(N4CCN(CCC[C@@H](O)[C@H](N)CO)CC4)n3)ccc21. The first kappa shape index (κ1) is 25.6. The van der Waals surface area contributed by atoms with Gasteiger partial charge in [-0.25, -0.2) is 4.98 Å². The number of aliphatic hydroxyl groups excluding tert-OH is 2. The van der Waals surface area contributed by atoms with Crippen LogP contribution in [0.2, 0.25) is 0 Å². The highest BCUT2D eigenvalue weighted by Gasteiger charge is 2.37. The minimum atomic E-state index is -0.625.